The van der Waals surface area contributed by atoms with Crippen LogP contribution in [0, 0.1) is 30.1 Å². The molecule has 1 saturated carbocycles. The number of piperidine rings is 1. The number of nitrogens with one attached hydrogen (secondary N) is 1. The lowest BCUT2D eigenvalue weighted by Crippen LogP contribution is -2.35. The fraction of sp³-hybridized carbons (Fsp3) is 0.407. The number of pyridine rings is 2. The van der Waals surface area contributed by atoms with E-state index in [-0.39, 0.29) is 53.2 Å². The summed E-state index contributed by atoms with van der Waals surface area (Å²) in [7, 11) is 0. The number of anilines is 1. The first kappa shape index (κ1) is 25.7. The molecule has 2 aliphatic heterocycles. The highest BCUT2D eigenvalue weighted by Gasteiger charge is 2.72. The number of fused-ring (bicyclic) bond motifs is 2. The van der Waals surface area contributed by atoms with E-state index in [1.54, 1.807) is 19.2 Å². The van der Waals surface area contributed by atoms with Crippen molar-refractivity contribution in [2.45, 2.75) is 33.7 Å². The molecule has 0 aromatic carbocycles. The first-order valence-corrected chi connectivity index (χ1v) is 13.9. The Morgan fingerprint density at radius 3 is 2.59 bits per heavy atom. The van der Waals surface area contributed by atoms with Gasteiger partial charge in [-0.3, -0.25) is 24.3 Å². The minimum absolute atomic E-state index is 0.115. The average Bonchev–Trinajstić information content (AvgIpc) is 3.31. The Hall–Kier alpha value is -3.57. The van der Waals surface area contributed by atoms with Gasteiger partial charge >= 0.3 is 6.09 Å². The van der Waals surface area contributed by atoms with Crippen molar-refractivity contribution in [2.75, 3.05) is 18.4 Å². The molecule has 202 valence electrons. The van der Waals surface area contributed by atoms with Crippen molar-refractivity contribution < 1.29 is 24.3 Å². The molecule has 4 amide bonds. The number of hydrogen-bond acceptors (Lipinski definition) is 7. The van der Waals surface area contributed by atoms with E-state index in [0.29, 0.717) is 35.4 Å². The Balaban J connectivity index is 1.31. The van der Waals surface area contributed by atoms with Crippen molar-refractivity contribution in [3.8, 4) is 11.1 Å². The number of aryl methyl sites for hydroxylation is 1. The van der Waals surface area contributed by atoms with Gasteiger partial charge in [0.15, 0.2) is 0 Å². The Morgan fingerprint density at radius 1 is 1.21 bits per heavy atom. The molecule has 12 heteroatoms. The molecular weight excluding hydrogens is 542 g/mol. The molecule has 39 heavy (non-hydrogen) atoms. The largest absolute Gasteiger partial charge is 0.465 e. The number of imide groups is 1. The summed E-state index contributed by atoms with van der Waals surface area (Å²) < 4.78 is 0.826. The van der Waals surface area contributed by atoms with E-state index in [0.717, 1.165) is 15.1 Å². The molecule has 2 saturated heterocycles. The summed E-state index contributed by atoms with van der Waals surface area (Å²) >= 11 is 7.78. The monoisotopic (exact) mass is 567 g/mol. The SMILES string of the molecule is Cc1nc(Cl)cc(-c2ccnc3cc(CN4C(=O)C5C(C4=O)C5(C)C)sc23)c1NC(=O)[C@H]1CCN(C(=O)O)C1. The van der Waals surface area contributed by atoms with Crippen LogP contribution in [0.5, 0.6) is 0 Å². The van der Waals surface area contributed by atoms with Crippen molar-refractivity contribution in [3.05, 3.63) is 40.1 Å². The zero-order valence-electron chi connectivity index (χ0n) is 21.5. The van der Waals surface area contributed by atoms with Gasteiger partial charge in [-0.2, -0.15) is 0 Å². The van der Waals surface area contributed by atoms with E-state index < -0.39 is 12.0 Å². The Kier molecular flexibility index (Phi) is 5.92. The van der Waals surface area contributed by atoms with Gasteiger partial charge in [-0.15, -0.1) is 11.3 Å². The van der Waals surface area contributed by atoms with E-state index in [9.17, 15) is 24.3 Å². The quantitative estimate of drug-likeness (QED) is 0.345. The molecule has 6 rings (SSSR count). The molecule has 3 aliphatic rings. The van der Waals surface area contributed by atoms with Crippen molar-refractivity contribution in [3.63, 3.8) is 0 Å². The van der Waals surface area contributed by atoms with Crippen LogP contribution in [-0.4, -0.2) is 61.8 Å². The van der Waals surface area contributed by atoms with Crippen molar-refractivity contribution >= 4 is 62.7 Å². The number of thiophene rings is 1. The van der Waals surface area contributed by atoms with E-state index in [4.69, 9.17) is 11.6 Å². The van der Waals surface area contributed by atoms with Crippen LogP contribution >= 0.6 is 22.9 Å². The fourth-order valence-electron chi connectivity index (χ4n) is 5.97. The lowest BCUT2D eigenvalue weighted by molar-refractivity contribution is -0.143. The highest BCUT2D eigenvalue weighted by Crippen LogP contribution is 2.63. The van der Waals surface area contributed by atoms with Crippen LogP contribution in [0.1, 0.15) is 30.8 Å². The minimum atomic E-state index is -1.04. The van der Waals surface area contributed by atoms with Crippen LogP contribution in [0.25, 0.3) is 21.3 Å². The molecule has 2 unspecified atom stereocenters. The molecule has 3 atom stereocenters. The zero-order chi connectivity index (χ0) is 27.8. The highest BCUT2D eigenvalue weighted by atomic mass is 35.5. The van der Waals surface area contributed by atoms with Gasteiger partial charge < -0.3 is 15.3 Å². The van der Waals surface area contributed by atoms with E-state index in [1.807, 2.05) is 26.0 Å². The maximum Gasteiger partial charge on any atom is 0.407 e. The minimum Gasteiger partial charge on any atom is -0.465 e. The van der Waals surface area contributed by atoms with Gasteiger partial charge in [0.1, 0.15) is 5.15 Å². The van der Waals surface area contributed by atoms with E-state index >= 15 is 0 Å². The van der Waals surface area contributed by atoms with Crippen LogP contribution in [0.2, 0.25) is 5.15 Å². The number of carbonyl (C=O) groups excluding carboxylic acids is 3. The van der Waals surface area contributed by atoms with Crippen LogP contribution in [-0.2, 0) is 20.9 Å². The topological polar surface area (TPSA) is 133 Å². The predicted octanol–water partition coefficient (Wildman–Crippen LogP) is 4.40. The van der Waals surface area contributed by atoms with Crippen LogP contribution < -0.4 is 5.32 Å². The average molecular weight is 568 g/mol. The second-order valence-electron chi connectivity index (χ2n) is 11.0. The standard InChI is InChI=1S/C27H26ClN5O5S/c1-12-21(31-23(34)13-5-7-32(10-13)26(37)38)16(9-18(28)30-12)15-4-6-29-17-8-14(39-22(15)17)11-33-24(35)19-20(25(33)36)27(19,2)3/h4,6,8-9,13,19-20H,5,7,10-11H2,1-3H3,(H,31,34)(H,37,38)/t13-,19?,20?/m0/s1. The van der Waals surface area contributed by atoms with Gasteiger partial charge in [0, 0.05) is 35.3 Å². The Bertz CT molecular complexity index is 1560. The van der Waals surface area contributed by atoms with Gasteiger partial charge in [0.2, 0.25) is 17.7 Å². The normalized spacial score (nSPS) is 23.4. The van der Waals surface area contributed by atoms with Gasteiger partial charge in [0.05, 0.1) is 45.9 Å². The molecule has 0 spiro atoms. The molecule has 10 nitrogen and oxygen atoms in total. The third-order valence-electron chi connectivity index (χ3n) is 8.21. The smallest absolute Gasteiger partial charge is 0.407 e. The van der Waals surface area contributed by atoms with Crippen LogP contribution in [0.15, 0.2) is 24.4 Å². The molecule has 1 aliphatic carbocycles. The Labute approximate surface area is 233 Å². The number of carboxylic acid groups (broad SMARTS) is 1. The Morgan fingerprint density at radius 2 is 1.92 bits per heavy atom. The first-order valence-electron chi connectivity index (χ1n) is 12.7. The van der Waals surface area contributed by atoms with E-state index in [1.165, 1.54) is 21.1 Å². The number of nitrogens with zero attached hydrogens (tertiary/aromatic N) is 4. The molecule has 3 aromatic rings. The maximum atomic E-state index is 13.1. The van der Waals surface area contributed by atoms with Gasteiger partial charge in [0.25, 0.3) is 0 Å². The molecule has 0 bridgehead atoms. The molecular formula is C27H26ClN5O5S. The summed E-state index contributed by atoms with van der Waals surface area (Å²) in [5.41, 5.74) is 2.90. The number of likely N-dealkylation sites (tertiary alicyclic amines) is 2. The highest BCUT2D eigenvalue weighted by molar-refractivity contribution is 7.19. The number of hydrogen-bond donors (Lipinski definition) is 2. The summed E-state index contributed by atoms with van der Waals surface area (Å²) in [6.45, 7) is 6.30. The zero-order valence-corrected chi connectivity index (χ0v) is 23.1. The van der Waals surface area contributed by atoms with Gasteiger partial charge in [-0.05, 0) is 37.0 Å². The van der Waals surface area contributed by atoms with Crippen LogP contribution in [0.3, 0.4) is 0 Å². The van der Waals surface area contributed by atoms with Crippen molar-refractivity contribution in [1.29, 1.82) is 0 Å². The summed E-state index contributed by atoms with van der Waals surface area (Å²) in [5, 5.41) is 12.5. The number of halogens is 1. The van der Waals surface area contributed by atoms with Crippen LogP contribution in [0.4, 0.5) is 10.5 Å². The number of carbonyl (C=O) groups is 4. The lowest BCUT2D eigenvalue weighted by Gasteiger charge is -2.19. The van der Waals surface area contributed by atoms with Crippen molar-refractivity contribution in [2.24, 2.45) is 23.2 Å². The maximum absolute atomic E-state index is 13.1. The number of amides is 4. The third kappa shape index (κ3) is 4.15. The summed E-state index contributed by atoms with van der Waals surface area (Å²) in [6, 6.07) is 5.39. The summed E-state index contributed by atoms with van der Waals surface area (Å²) in [4.78, 5) is 62.4. The fourth-order valence-corrected chi connectivity index (χ4v) is 7.34. The van der Waals surface area contributed by atoms with E-state index in [2.05, 4.69) is 15.3 Å². The van der Waals surface area contributed by atoms with Crippen molar-refractivity contribution in [1.82, 2.24) is 19.8 Å². The number of rotatable bonds is 5. The first-order chi connectivity index (χ1) is 18.5. The molecule has 5 heterocycles. The summed E-state index contributed by atoms with van der Waals surface area (Å²) in [5.74, 6) is -1.45. The lowest BCUT2D eigenvalue weighted by atomic mass is 10.0. The van der Waals surface area contributed by atoms with Gasteiger partial charge in [-0.1, -0.05) is 25.4 Å². The molecule has 2 N–H and O–H groups in total. The predicted molar refractivity (Wildman–Crippen MR) is 145 cm³/mol. The second kappa shape index (κ2) is 8.99. The van der Waals surface area contributed by atoms with Gasteiger partial charge in [-0.25, -0.2) is 9.78 Å². The molecule has 3 fully saturated rings. The number of aromatic nitrogens is 2. The third-order valence-corrected chi connectivity index (χ3v) is 9.54. The second-order valence-corrected chi connectivity index (χ2v) is 12.5. The summed E-state index contributed by atoms with van der Waals surface area (Å²) in [6.07, 6.45) is 1.06. The molecule has 3 aromatic heterocycles. The molecule has 0 radical (unpaired) electrons.